The summed E-state index contributed by atoms with van der Waals surface area (Å²) in [5.41, 5.74) is 0.599. The van der Waals surface area contributed by atoms with Crippen LogP contribution in [-0.4, -0.2) is 86.3 Å². The predicted molar refractivity (Wildman–Crippen MR) is 108 cm³/mol. The zero-order chi connectivity index (χ0) is 20.2. The van der Waals surface area contributed by atoms with E-state index in [1.165, 1.54) is 31.4 Å². The average molecular weight is 441 g/mol. The zero-order valence-corrected chi connectivity index (χ0v) is 21.4. The molecule has 28 heavy (non-hydrogen) atoms. The Kier molecular flexibility index (Phi) is 15.9. The van der Waals surface area contributed by atoms with E-state index in [0.29, 0.717) is 5.69 Å². The van der Waals surface area contributed by atoms with Crippen molar-refractivity contribution in [2.24, 2.45) is 0 Å². The van der Waals surface area contributed by atoms with Gasteiger partial charge in [-0.3, -0.25) is 0 Å². The number of likely N-dealkylation sites (tertiary alicyclic amines) is 1. The van der Waals surface area contributed by atoms with Crippen LogP contribution < -0.4 is 51.4 Å². The van der Waals surface area contributed by atoms with E-state index in [0.717, 1.165) is 46.4 Å². The first-order valence-corrected chi connectivity index (χ1v) is 9.61. The van der Waals surface area contributed by atoms with Gasteiger partial charge in [-0.05, 0) is 38.4 Å². The normalized spacial score (nSPS) is 16.6. The second-order valence-corrected chi connectivity index (χ2v) is 6.85. The van der Waals surface area contributed by atoms with Crippen molar-refractivity contribution in [3.05, 3.63) is 34.4 Å². The Balaban J connectivity index is 0.000000493. The maximum Gasteiger partial charge on any atom is 1.00 e. The van der Waals surface area contributed by atoms with Crippen LogP contribution in [0.5, 0.6) is 0 Å². The van der Waals surface area contributed by atoms with E-state index in [2.05, 4.69) is 17.3 Å². The third-order valence-electron chi connectivity index (χ3n) is 4.56. The second-order valence-electron chi connectivity index (χ2n) is 6.44. The number of hydrogen-bond acceptors (Lipinski definition) is 3. The molecule has 2 aliphatic heterocycles. The Bertz CT molecular complexity index is 569. The van der Waals surface area contributed by atoms with Crippen LogP contribution in [0.4, 0.5) is 14.9 Å². The van der Waals surface area contributed by atoms with E-state index >= 15 is 0 Å². The van der Waals surface area contributed by atoms with E-state index in [-0.39, 0.29) is 62.4 Å². The number of rotatable bonds is 1. The van der Waals surface area contributed by atoms with Gasteiger partial charge in [0.25, 0.3) is 0 Å². The smallest absolute Gasteiger partial charge is 0.687 e. The molecule has 2 amide bonds. The fourth-order valence-electron chi connectivity index (χ4n) is 2.91. The van der Waals surface area contributed by atoms with Gasteiger partial charge >= 0.3 is 57.4 Å². The van der Waals surface area contributed by atoms with E-state index in [4.69, 9.17) is 16.7 Å². The molecule has 154 valence electrons. The van der Waals surface area contributed by atoms with Gasteiger partial charge < -0.3 is 25.1 Å². The first kappa shape index (κ1) is 28.1. The molecule has 2 heterocycles. The van der Waals surface area contributed by atoms with Crippen molar-refractivity contribution >= 4 is 23.3 Å². The number of likely N-dealkylation sites (N-methyl/N-ethyl adjacent to an activating group) is 1. The number of nitrogens with zero attached hydrogens (tertiary/aromatic N) is 4. The van der Waals surface area contributed by atoms with E-state index in [1.807, 2.05) is 9.80 Å². The first-order chi connectivity index (χ1) is 13.0. The molecule has 3 rings (SSSR count). The summed E-state index contributed by atoms with van der Waals surface area (Å²) in [5, 5.41) is 10.9. The Morgan fingerprint density at radius 3 is 2.07 bits per heavy atom. The van der Waals surface area contributed by atoms with Crippen molar-refractivity contribution in [2.75, 3.05) is 60.5 Å². The number of carbonyl (C=O) groups excluding carboxylic acids is 1. The molecule has 0 unspecified atom stereocenters. The Morgan fingerprint density at radius 1 is 1.04 bits per heavy atom. The molecule has 1 N–H and O–H groups in total. The van der Waals surface area contributed by atoms with E-state index < -0.39 is 5.82 Å². The molecule has 0 atom stereocenters. The van der Waals surface area contributed by atoms with Crippen LogP contribution >= 0.6 is 11.6 Å². The molecule has 1 aromatic rings. The molecule has 6 nitrogen and oxygen atoms in total. The monoisotopic (exact) mass is 440 g/mol. The second kappa shape index (κ2) is 15.8. The summed E-state index contributed by atoms with van der Waals surface area (Å²) in [6.45, 7) is 5.74. The van der Waals surface area contributed by atoms with Crippen molar-refractivity contribution < 1.29 is 65.7 Å². The van der Waals surface area contributed by atoms with Gasteiger partial charge in [-0.15, -0.1) is 12.7 Å². The minimum atomic E-state index is -0.426. The SMILES string of the molecule is CN1CCN(C(=O)N2CCCCC2)CC1.CO.C[N-]c1ccc(Cl)c(F)c1.[K+]. The van der Waals surface area contributed by atoms with Crippen molar-refractivity contribution in [1.82, 2.24) is 14.7 Å². The van der Waals surface area contributed by atoms with Gasteiger partial charge in [0.1, 0.15) is 5.82 Å². The molecule has 1 aromatic carbocycles. The number of urea groups is 1. The molecule has 2 aliphatic rings. The number of benzene rings is 1. The molecule has 2 saturated heterocycles. The molecule has 0 aliphatic carbocycles. The summed E-state index contributed by atoms with van der Waals surface area (Å²) in [6, 6.07) is 4.70. The molecule has 9 heteroatoms. The zero-order valence-electron chi connectivity index (χ0n) is 17.5. The number of piperazine rings is 1. The fourth-order valence-corrected chi connectivity index (χ4v) is 3.02. The number of halogens is 2. The topological polar surface area (TPSA) is 61.1 Å². The molecule has 0 spiro atoms. The number of amides is 2. The summed E-state index contributed by atoms with van der Waals surface area (Å²) in [7, 11) is 4.71. The number of piperidine rings is 1. The van der Waals surface area contributed by atoms with Crippen molar-refractivity contribution in [1.29, 1.82) is 0 Å². The molecule has 2 fully saturated rings. The third-order valence-corrected chi connectivity index (χ3v) is 4.87. The molecule has 0 aromatic heterocycles. The molecule has 0 saturated carbocycles. The van der Waals surface area contributed by atoms with Gasteiger partial charge in [0.2, 0.25) is 0 Å². The standard InChI is InChI=1S/C11H21N3O.C7H6ClFN.CH4O.K/c1-12-7-9-14(10-8-12)11(15)13-5-3-2-4-6-13;1-10-5-2-3-6(8)7(9)4-5;1-2;/h2-10H2,1H3;2-4H,1H3;2H,1H3;/q;-1;;+1. The largest absolute Gasteiger partial charge is 1.00 e. The summed E-state index contributed by atoms with van der Waals surface area (Å²) < 4.78 is 12.6. The Labute approximate surface area is 215 Å². The van der Waals surface area contributed by atoms with Gasteiger partial charge in [-0.2, -0.15) is 0 Å². The van der Waals surface area contributed by atoms with E-state index in [9.17, 15) is 9.18 Å². The van der Waals surface area contributed by atoms with Crippen molar-refractivity contribution in [3.8, 4) is 0 Å². The Morgan fingerprint density at radius 2 is 1.57 bits per heavy atom. The van der Waals surface area contributed by atoms with Gasteiger partial charge in [-0.1, -0.05) is 17.7 Å². The average Bonchev–Trinajstić information content (AvgIpc) is 2.73. The quantitative estimate of drug-likeness (QED) is 0.649. The number of hydrogen-bond donors (Lipinski definition) is 1. The summed E-state index contributed by atoms with van der Waals surface area (Å²) >= 11 is 5.42. The summed E-state index contributed by atoms with van der Waals surface area (Å²) in [4.78, 5) is 18.4. The molecule has 0 bridgehead atoms. The number of carbonyl (C=O) groups is 1. The predicted octanol–water partition coefficient (Wildman–Crippen LogP) is 0.566. The minimum absolute atomic E-state index is 0. The van der Waals surface area contributed by atoms with Crippen LogP contribution in [0.2, 0.25) is 5.02 Å². The number of aliphatic hydroxyl groups excluding tert-OH is 1. The molecular weight excluding hydrogens is 410 g/mol. The van der Waals surface area contributed by atoms with E-state index in [1.54, 1.807) is 13.1 Å². The Hall–Kier alpha value is 0.0664. The minimum Gasteiger partial charge on any atom is -0.687 e. The number of aliphatic hydroxyl groups is 1. The van der Waals surface area contributed by atoms with Gasteiger partial charge in [0.05, 0.1) is 5.02 Å². The van der Waals surface area contributed by atoms with Crippen LogP contribution in [-0.2, 0) is 0 Å². The van der Waals surface area contributed by atoms with Crippen LogP contribution in [0.1, 0.15) is 19.3 Å². The third kappa shape index (κ3) is 9.71. The van der Waals surface area contributed by atoms with Crippen LogP contribution in [0.3, 0.4) is 0 Å². The maximum atomic E-state index is 12.6. The van der Waals surface area contributed by atoms with Gasteiger partial charge in [0, 0.05) is 46.4 Å². The summed E-state index contributed by atoms with van der Waals surface area (Å²) in [6.07, 6.45) is 3.64. The molecular formula is C19H31ClFKN4O2. The summed E-state index contributed by atoms with van der Waals surface area (Å²) in [5.74, 6) is -0.426. The van der Waals surface area contributed by atoms with Gasteiger partial charge in [0.15, 0.2) is 0 Å². The fraction of sp³-hybridized carbons (Fsp3) is 0.632. The van der Waals surface area contributed by atoms with Crippen LogP contribution in [0, 0.1) is 5.82 Å². The van der Waals surface area contributed by atoms with Crippen molar-refractivity contribution in [2.45, 2.75) is 19.3 Å². The first-order valence-electron chi connectivity index (χ1n) is 9.23. The van der Waals surface area contributed by atoms with Gasteiger partial charge in [-0.25, -0.2) is 9.18 Å². The van der Waals surface area contributed by atoms with Crippen LogP contribution in [0.15, 0.2) is 18.2 Å². The maximum absolute atomic E-state index is 12.6. The molecule has 0 radical (unpaired) electrons. The van der Waals surface area contributed by atoms with Crippen LogP contribution in [0.25, 0.3) is 5.32 Å². The van der Waals surface area contributed by atoms with Crippen molar-refractivity contribution in [3.63, 3.8) is 0 Å².